The van der Waals surface area contributed by atoms with Crippen LogP contribution in [0.1, 0.15) is 11.3 Å². The zero-order valence-corrected chi connectivity index (χ0v) is 10.8. The van der Waals surface area contributed by atoms with Crippen LogP contribution < -0.4 is 11.1 Å². The van der Waals surface area contributed by atoms with Crippen molar-refractivity contribution >= 4 is 11.6 Å². The molecule has 1 amide bonds. The van der Waals surface area contributed by atoms with Gasteiger partial charge in [0.2, 0.25) is 5.91 Å². The number of benzene rings is 1. The van der Waals surface area contributed by atoms with Gasteiger partial charge in [-0.05, 0) is 31.0 Å². The molecule has 0 aliphatic heterocycles. The van der Waals surface area contributed by atoms with Gasteiger partial charge >= 0.3 is 0 Å². The lowest BCUT2D eigenvalue weighted by Crippen LogP contribution is -2.37. The second-order valence-electron chi connectivity index (χ2n) is 4.47. The average Bonchev–Trinajstić information content (AvgIpc) is 2.42. The second kappa shape index (κ2) is 6.11. The highest BCUT2D eigenvalue weighted by atomic mass is 16.2. The third-order valence-electron chi connectivity index (χ3n) is 2.81. The van der Waals surface area contributed by atoms with Crippen molar-refractivity contribution in [1.29, 1.82) is 0 Å². The van der Waals surface area contributed by atoms with Crippen molar-refractivity contribution in [2.75, 3.05) is 5.32 Å². The van der Waals surface area contributed by atoms with Gasteiger partial charge in [-0.3, -0.25) is 9.78 Å². The summed E-state index contributed by atoms with van der Waals surface area (Å²) in [5.41, 5.74) is 8.52. The summed E-state index contributed by atoms with van der Waals surface area (Å²) in [5.74, 6) is -0.200. The van der Waals surface area contributed by atoms with Gasteiger partial charge in [0.25, 0.3) is 0 Å². The number of aromatic nitrogens is 1. The Morgan fingerprint density at radius 3 is 2.63 bits per heavy atom. The van der Waals surface area contributed by atoms with E-state index >= 15 is 0 Å². The molecule has 19 heavy (non-hydrogen) atoms. The number of rotatable bonds is 4. The minimum atomic E-state index is -0.566. The number of hydrogen-bond acceptors (Lipinski definition) is 3. The summed E-state index contributed by atoms with van der Waals surface area (Å²) < 4.78 is 0. The van der Waals surface area contributed by atoms with E-state index in [0.29, 0.717) is 12.1 Å². The molecule has 0 saturated carbocycles. The van der Waals surface area contributed by atoms with E-state index in [0.717, 1.165) is 11.3 Å². The van der Waals surface area contributed by atoms with E-state index in [2.05, 4.69) is 10.3 Å². The van der Waals surface area contributed by atoms with Gasteiger partial charge in [-0.15, -0.1) is 0 Å². The minimum absolute atomic E-state index is 0.200. The predicted molar refractivity (Wildman–Crippen MR) is 75.7 cm³/mol. The van der Waals surface area contributed by atoms with Gasteiger partial charge in [0, 0.05) is 5.69 Å². The minimum Gasteiger partial charge on any atom is -0.323 e. The normalized spacial score (nSPS) is 11.9. The molecule has 2 rings (SSSR count). The van der Waals surface area contributed by atoms with Gasteiger partial charge in [-0.2, -0.15) is 0 Å². The molecule has 3 N–H and O–H groups in total. The van der Waals surface area contributed by atoms with E-state index < -0.39 is 6.04 Å². The van der Waals surface area contributed by atoms with Gasteiger partial charge < -0.3 is 11.1 Å². The fraction of sp³-hybridized carbons (Fsp3) is 0.200. The average molecular weight is 255 g/mol. The third-order valence-corrected chi connectivity index (χ3v) is 2.81. The highest BCUT2D eigenvalue weighted by Crippen LogP contribution is 2.07. The number of nitrogens with two attached hydrogens (primary N) is 1. The Labute approximate surface area is 112 Å². The van der Waals surface area contributed by atoms with Crippen molar-refractivity contribution in [3.8, 4) is 0 Å². The van der Waals surface area contributed by atoms with Crippen LogP contribution in [0.3, 0.4) is 0 Å². The highest BCUT2D eigenvalue weighted by Gasteiger charge is 2.14. The molecule has 1 aromatic carbocycles. The van der Waals surface area contributed by atoms with Gasteiger partial charge in [-0.1, -0.05) is 30.3 Å². The molecule has 4 nitrogen and oxygen atoms in total. The Morgan fingerprint density at radius 1 is 1.26 bits per heavy atom. The molecule has 0 bridgehead atoms. The summed E-state index contributed by atoms with van der Waals surface area (Å²) in [7, 11) is 0. The number of aryl methyl sites for hydroxylation is 1. The van der Waals surface area contributed by atoms with E-state index in [-0.39, 0.29) is 5.91 Å². The number of anilines is 1. The van der Waals surface area contributed by atoms with Crippen molar-refractivity contribution in [2.24, 2.45) is 5.73 Å². The van der Waals surface area contributed by atoms with E-state index in [9.17, 15) is 4.79 Å². The van der Waals surface area contributed by atoms with Crippen LogP contribution in [-0.2, 0) is 11.2 Å². The van der Waals surface area contributed by atoms with E-state index in [1.54, 1.807) is 6.20 Å². The molecule has 0 aliphatic rings. The molecule has 2 aromatic rings. The van der Waals surface area contributed by atoms with E-state index in [4.69, 9.17) is 5.73 Å². The molecule has 0 saturated heterocycles. The topological polar surface area (TPSA) is 68.0 Å². The van der Waals surface area contributed by atoms with Crippen LogP contribution in [-0.4, -0.2) is 16.9 Å². The van der Waals surface area contributed by atoms with Crippen molar-refractivity contribution in [1.82, 2.24) is 4.98 Å². The summed E-state index contributed by atoms with van der Waals surface area (Å²) in [6, 6.07) is 12.8. The van der Waals surface area contributed by atoms with Crippen molar-refractivity contribution in [3.63, 3.8) is 0 Å². The van der Waals surface area contributed by atoms with Crippen LogP contribution in [0.2, 0.25) is 0 Å². The van der Waals surface area contributed by atoms with E-state index in [1.165, 1.54) is 0 Å². The summed E-state index contributed by atoms with van der Waals surface area (Å²) in [6.07, 6.45) is 2.15. The molecule has 0 radical (unpaired) electrons. The first-order chi connectivity index (χ1) is 9.15. The number of nitrogens with zero attached hydrogens (tertiary/aromatic N) is 1. The molecule has 1 aromatic heterocycles. The fourth-order valence-electron chi connectivity index (χ4n) is 1.74. The Hall–Kier alpha value is -2.20. The summed E-state index contributed by atoms with van der Waals surface area (Å²) in [5, 5.41) is 2.76. The molecular weight excluding hydrogens is 238 g/mol. The van der Waals surface area contributed by atoms with Crippen LogP contribution in [0.15, 0.2) is 48.7 Å². The van der Waals surface area contributed by atoms with Crippen LogP contribution in [0.4, 0.5) is 5.69 Å². The lowest BCUT2D eigenvalue weighted by atomic mass is 10.1. The third kappa shape index (κ3) is 3.89. The molecule has 0 fully saturated rings. The van der Waals surface area contributed by atoms with Crippen molar-refractivity contribution in [2.45, 2.75) is 19.4 Å². The number of hydrogen-bond donors (Lipinski definition) is 2. The first-order valence-electron chi connectivity index (χ1n) is 6.18. The molecule has 1 atom stereocenters. The second-order valence-corrected chi connectivity index (χ2v) is 4.47. The van der Waals surface area contributed by atoms with Gasteiger partial charge in [0.15, 0.2) is 0 Å². The maximum atomic E-state index is 11.9. The van der Waals surface area contributed by atoms with E-state index in [1.807, 2.05) is 49.4 Å². The van der Waals surface area contributed by atoms with Crippen LogP contribution >= 0.6 is 0 Å². The SMILES string of the molecule is Cc1ccc(NC(=O)[C@@H](N)Cc2ccccc2)cn1. The zero-order chi connectivity index (χ0) is 13.7. The number of nitrogens with one attached hydrogen (secondary N) is 1. The lowest BCUT2D eigenvalue weighted by molar-refractivity contribution is -0.117. The van der Waals surface area contributed by atoms with Crippen molar-refractivity contribution < 1.29 is 4.79 Å². The Kier molecular flexibility index (Phi) is 4.26. The quantitative estimate of drug-likeness (QED) is 0.876. The van der Waals surface area contributed by atoms with Gasteiger partial charge in [0.05, 0.1) is 17.9 Å². The largest absolute Gasteiger partial charge is 0.323 e. The summed E-state index contributed by atoms with van der Waals surface area (Å²) >= 11 is 0. The van der Waals surface area contributed by atoms with Gasteiger partial charge in [0.1, 0.15) is 0 Å². The first kappa shape index (κ1) is 13.2. The van der Waals surface area contributed by atoms with Gasteiger partial charge in [-0.25, -0.2) is 0 Å². The highest BCUT2D eigenvalue weighted by molar-refractivity contribution is 5.94. The first-order valence-corrected chi connectivity index (χ1v) is 6.18. The molecule has 98 valence electrons. The zero-order valence-electron chi connectivity index (χ0n) is 10.8. The maximum Gasteiger partial charge on any atom is 0.241 e. The number of carbonyl (C=O) groups excluding carboxylic acids is 1. The lowest BCUT2D eigenvalue weighted by Gasteiger charge is -2.12. The standard InChI is InChI=1S/C15H17N3O/c1-11-7-8-13(10-17-11)18-15(19)14(16)9-12-5-3-2-4-6-12/h2-8,10,14H,9,16H2,1H3,(H,18,19)/t14-/m0/s1. The van der Waals surface area contributed by atoms with Crippen LogP contribution in [0.25, 0.3) is 0 Å². The molecule has 0 aliphatic carbocycles. The Balaban J connectivity index is 1.94. The fourth-order valence-corrected chi connectivity index (χ4v) is 1.74. The van der Waals surface area contributed by atoms with Crippen molar-refractivity contribution in [3.05, 3.63) is 59.9 Å². The molecule has 4 heteroatoms. The predicted octanol–water partition coefficient (Wildman–Crippen LogP) is 1.90. The summed E-state index contributed by atoms with van der Waals surface area (Å²) in [4.78, 5) is 16.1. The number of amides is 1. The number of carbonyl (C=O) groups is 1. The van der Waals surface area contributed by atoms with Crippen LogP contribution in [0.5, 0.6) is 0 Å². The Morgan fingerprint density at radius 2 is 2.00 bits per heavy atom. The monoisotopic (exact) mass is 255 g/mol. The number of pyridine rings is 1. The summed E-state index contributed by atoms with van der Waals surface area (Å²) in [6.45, 7) is 1.90. The maximum absolute atomic E-state index is 11.9. The van der Waals surface area contributed by atoms with Crippen LogP contribution in [0, 0.1) is 6.92 Å². The Bertz CT molecular complexity index is 537. The smallest absolute Gasteiger partial charge is 0.241 e. The molecule has 0 spiro atoms. The molecule has 1 heterocycles. The molecular formula is C15H17N3O. The molecule has 0 unspecified atom stereocenters.